The third kappa shape index (κ3) is 2.40. The first-order valence-electron chi connectivity index (χ1n) is 6.69. The smallest absolute Gasteiger partial charge is 0.156 e. The number of nitriles is 1. The monoisotopic (exact) mass is 242 g/mol. The van der Waals surface area contributed by atoms with Gasteiger partial charge in [0.1, 0.15) is 0 Å². The SMILES string of the molecule is N#CC1CN(Cc2ccc3c(c2)CCC3)CCO1. The Labute approximate surface area is 108 Å². The van der Waals surface area contributed by atoms with Crippen LogP contribution in [0.4, 0.5) is 0 Å². The average molecular weight is 242 g/mol. The summed E-state index contributed by atoms with van der Waals surface area (Å²) in [4.78, 5) is 2.31. The van der Waals surface area contributed by atoms with Gasteiger partial charge in [0, 0.05) is 19.6 Å². The topological polar surface area (TPSA) is 36.3 Å². The third-order valence-electron chi connectivity index (χ3n) is 3.86. The number of hydrogen-bond donors (Lipinski definition) is 0. The van der Waals surface area contributed by atoms with Gasteiger partial charge >= 0.3 is 0 Å². The summed E-state index contributed by atoms with van der Waals surface area (Å²) in [6.07, 6.45) is 3.51. The Morgan fingerprint density at radius 2 is 2.22 bits per heavy atom. The maximum atomic E-state index is 8.90. The largest absolute Gasteiger partial charge is 0.361 e. The molecule has 0 amide bonds. The molecular formula is C15H18N2O. The molecule has 1 heterocycles. The fourth-order valence-corrected chi connectivity index (χ4v) is 2.91. The van der Waals surface area contributed by atoms with Gasteiger partial charge in [-0.05, 0) is 36.0 Å². The van der Waals surface area contributed by atoms with Crippen LogP contribution >= 0.6 is 0 Å². The lowest BCUT2D eigenvalue weighted by Crippen LogP contribution is -2.41. The molecule has 1 atom stereocenters. The van der Waals surface area contributed by atoms with Gasteiger partial charge in [0.2, 0.25) is 0 Å². The van der Waals surface area contributed by atoms with Gasteiger partial charge in [-0.25, -0.2) is 0 Å². The number of aryl methyl sites for hydroxylation is 2. The van der Waals surface area contributed by atoms with Gasteiger partial charge in [0.25, 0.3) is 0 Å². The molecule has 1 aromatic carbocycles. The van der Waals surface area contributed by atoms with Crippen LogP contribution in [0.15, 0.2) is 18.2 Å². The van der Waals surface area contributed by atoms with Crippen molar-refractivity contribution in [3.8, 4) is 6.07 Å². The third-order valence-corrected chi connectivity index (χ3v) is 3.86. The van der Waals surface area contributed by atoms with E-state index in [1.165, 1.54) is 36.0 Å². The molecule has 94 valence electrons. The second-order valence-electron chi connectivity index (χ2n) is 5.18. The summed E-state index contributed by atoms with van der Waals surface area (Å²) in [5.74, 6) is 0. The zero-order chi connectivity index (χ0) is 12.4. The van der Waals surface area contributed by atoms with Crippen LogP contribution in [-0.2, 0) is 24.1 Å². The second kappa shape index (κ2) is 5.09. The zero-order valence-electron chi connectivity index (χ0n) is 10.6. The average Bonchev–Trinajstić information content (AvgIpc) is 2.86. The standard InChI is InChI=1S/C15H18N2O/c16-9-15-11-17(6-7-18-15)10-12-4-5-13-2-1-3-14(13)8-12/h4-5,8,15H,1-3,6-7,10-11H2. The molecule has 1 aliphatic carbocycles. The van der Waals surface area contributed by atoms with Crippen molar-refractivity contribution >= 4 is 0 Å². The Morgan fingerprint density at radius 3 is 3.11 bits per heavy atom. The van der Waals surface area contributed by atoms with E-state index in [4.69, 9.17) is 10.00 Å². The lowest BCUT2D eigenvalue weighted by molar-refractivity contribution is -0.00269. The summed E-state index contributed by atoms with van der Waals surface area (Å²) >= 11 is 0. The maximum Gasteiger partial charge on any atom is 0.156 e. The van der Waals surface area contributed by atoms with Crippen LogP contribution in [0, 0.1) is 11.3 Å². The lowest BCUT2D eigenvalue weighted by atomic mass is 10.1. The minimum absolute atomic E-state index is 0.256. The summed E-state index contributed by atoms with van der Waals surface area (Å²) in [6.45, 7) is 3.26. The molecule has 0 aromatic heterocycles. The van der Waals surface area contributed by atoms with Gasteiger partial charge in [-0.15, -0.1) is 0 Å². The quantitative estimate of drug-likeness (QED) is 0.794. The Balaban J connectivity index is 1.67. The van der Waals surface area contributed by atoms with Crippen LogP contribution in [0.2, 0.25) is 0 Å². The van der Waals surface area contributed by atoms with E-state index in [9.17, 15) is 0 Å². The summed E-state index contributed by atoms with van der Waals surface area (Å²) in [7, 11) is 0. The van der Waals surface area contributed by atoms with Crippen LogP contribution in [0.1, 0.15) is 23.1 Å². The number of hydrogen-bond acceptors (Lipinski definition) is 3. The highest BCUT2D eigenvalue weighted by molar-refractivity contribution is 5.35. The first kappa shape index (κ1) is 11.7. The molecule has 3 nitrogen and oxygen atoms in total. The van der Waals surface area contributed by atoms with E-state index in [1.54, 1.807) is 0 Å². The minimum Gasteiger partial charge on any atom is -0.361 e. The predicted octanol–water partition coefficient (Wildman–Crippen LogP) is 1.90. The van der Waals surface area contributed by atoms with E-state index in [0.717, 1.165) is 19.6 Å². The predicted molar refractivity (Wildman–Crippen MR) is 69.1 cm³/mol. The Kier molecular flexibility index (Phi) is 3.31. The number of nitrogens with zero attached hydrogens (tertiary/aromatic N) is 2. The molecule has 1 aromatic rings. The second-order valence-corrected chi connectivity index (χ2v) is 5.18. The van der Waals surface area contributed by atoms with Crippen molar-refractivity contribution < 1.29 is 4.74 Å². The summed E-state index contributed by atoms with van der Waals surface area (Å²) in [5.41, 5.74) is 4.42. The van der Waals surface area contributed by atoms with E-state index >= 15 is 0 Å². The van der Waals surface area contributed by atoms with Crippen molar-refractivity contribution in [2.24, 2.45) is 0 Å². The van der Waals surface area contributed by atoms with Crippen LogP contribution in [0.3, 0.4) is 0 Å². The normalized spacial score (nSPS) is 23.6. The van der Waals surface area contributed by atoms with E-state index < -0.39 is 0 Å². The van der Waals surface area contributed by atoms with Crippen molar-refractivity contribution in [3.63, 3.8) is 0 Å². The molecule has 0 bridgehead atoms. The molecule has 2 aliphatic rings. The molecule has 18 heavy (non-hydrogen) atoms. The summed E-state index contributed by atoms with van der Waals surface area (Å²) in [6, 6.07) is 9.06. The molecule has 1 fully saturated rings. The Morgan fingerprint density at radius 1 is 1.33 bits per heavy atom. The van der Waals surface area contributed by atoms with Gasteiger partial charge in [0.15, 0.2) is 6.10 Å². The minimum atomic E-state index is -0.256. The van der Waals surface area contributed by atoms with Crippen molar-refractivity contribution in [2.75, 3.05) is 19.7 Å². The highest BCUT2D eigenvalue weighted by Crippen LogP contribution is 2.23. The van der Waals surface area contributed by atoms with Crippen LogP contribution in [-0.4, -0.2) is 30.7 Å². The molecule has 0 radical (unpaired) electrons. The Bertz CT molecular complexity index is 478. The molecule has 3 rings (SSSR count). The van der Waals surface area contributed by atoms with Crippen molar-refractivity contribution in [2.45, 2.75) is 31.9 Å². The lowest BCUT2D eigenvalue weighted by Gasteiger charge is -2.29. The van der Waals surface area contributed by atoms with Gasteiger partial charge in [-0.3, -0.25) is 4.90 Å². The maximum absolute atomic E-state index is 8.90. The fourth-order valence-electron chi connectivity index (χ4n) is 2.91. The van der Waals surface area contributed by atoms with Gasteiger partial charge in [-0.2, -0.15) is 5.26 Å². The molecule has 1 saturated heterocycles. The fraction of sp³-hybridized carbons (Fsp3) is 0.533. The van der Waals surface area contributed by atoms with Crippen LogP contribution in [0.5, 0.6) is 0 Å². The van der Waals surface area contributed by atoms with Crippen molar-refractivity contribution in [1.82, 2.24) is 4.90 Å². The van der Waals surface area contributed by atoms with E-state index in [2.05, 4.69) is 29.2 Å². The Hall–Kier alpha value is -1.37. The number of rotatable bonds is 2. The molecule has 1 aliphatic heterocycles. The molecule has 1 unspecified atom stereocenters. The number of benzene rings is 1. The first-order valence-corrected chi connectivity index (χ1v) is 6.69. The van der Waals surface area contributed by atoms with Gasteiger partial charge in [0.05, 0.1) is 12.7 Å². The van der Waals surface area contributed by atoms with E-state index in [-0.39, 0.29) is 6.10 Å². The molecule has 0 saturated carbocycles. The molecule has 0 N–H and O–H groups in total. The van der Waals surface area contributed by atoms with E-state index in [0.29, 0.717) is 6.61 Å². The summed E-state index contributed by atoms with van der Waals surface area (Å²) < 4.78 is 5.37. The molecule has 0 spiro atoms. The van der Waals surface area contributed by atoms with Gasteiger partial charge < -0.3 is 4.74 Å². The number of ether oxygens (including phenoxy) is 1. The summed E-state index contributed by atoms with van der Waals surface area (Å²) in [5, 5.41) is 8.90. The molecule has 3 heteroatoms. The zero-order valence-corrected chi connectivity index (χ0v) is 10.6. The van der Waals surface area contributed by atoms with Crippen LogP contribution < -0.4 is 0 Å². The van der Waals surface area contributed by atoms with Gasteiger partial charge in [-0.1, -0.05) is 18.2 Å². The van der Waals surface area contributed by atoms with Crippen LogP contribution in [0.25, 0.3) is 0 Å². The highest BCUT2D eigenvalue weighted by atomic mass is 16.5. The highest BCUT2D eigenvalue weighted by Gasteiger charge is 2.20. The first-order chi connectivity index (χ1) is 8.85. The number of fused-ring (bicyclic) bond motifs is 1. The van der Waals surface area contributed by atoms with Crippen molar-refractivity contribution in [1.29, 1.82) is 5.26 Å². The van der Waals surface area contributed by atoms with Crippen molar-refractivity contribution in [3.05, 3.63) is 34.9 Å². The van der Waals surface area contributed by atoms with E-state index in [1.807, 2.05) is 0 Å². The molecular weight excluding hydrogens is 224 g/mol. The number of morpholine rings is 1.